The first-order chi connectivity index (χ1) is 25.8. The fraction of sp³-hybridized carbons (Fsp3) is 0.385. The zero-order valence-corrected chi connectivity index (χ0v) is 30.3. The van der Waals surface area contributed by atoms with E-state index in [1.54, 1.807) is 105 Å². The Hall–Kier alpha value is -5.64. The molecule has 0 fully saturated rings. The van der Waals surface area contributed by atoms with Crippen molar-refractivity contribution in [2.75, 3.05) is 13.2 Å². The van der Waals surface area contributed by atoms with Crippen molar-refractivity contribution in [1.82, 2.24) is 26.6 Å². The molecule has 15 nitrogen and oxygen atoms in total. The Labute approximate surface area is 314 Å². The van der Waals surface area contributed by atoms with Gasteiger partial charge in [-0.1, -0.05) is 105 Å². The van der Waals surface area contributed by atoms with Gasteiger partial charge < -0.3 is 47.6 Å². The van der Waals surface area contributed by atoms with Crippen LogP contribution in [0.4, 0.5) is 0 Å². The number of amides is 5. The van der Waals surface area contributed by atoms with E-state index >= 15 is 0 Å². The largest absolute Gasteiger partial charge is 0.480 e. The van der Waals surface area contributed by atoms with Crippen LogP contribution in [0.15, 0.2) is 91.0 Å². The average molecular weight is 747 g/mol. The minimum absolute atomic E-state index is 0.0165. The number of aliphatic hydroxyl groups is 2. The molecule has 54 heavy (non-hydrogen) atoms. The summed E-state index contributed by atoms with van der Waals surface area (Å²) in [5.74, 6) is -5.41. The zero-order valence-electron chi connectivity index (χ0n) is 30.3. The summed E-state index contributed by atoms with van der Waals surface area (Å²) in [4.78, 5) is 79.2. The molecule has 0 saturated carbocycles. The predicted molar refractivity (Wildman–Crippen MR) is 199 cm³/mol. The SMILES string of the molecule is CC(C)C[C@H](NC(=O)[C@H](Cc1ccccc1)NC(=O)[C@H](CO)NC(=O)[C@H](Cc1ccccc1)NC(=O)[C@H](Cc1ccccc1)NC(=O)[C@@H](N)CO)C(=O)O. The molecule has 6 atom stereocenters. The van der Waals surface area contributed by atoms with Crippen LogP contribution >= 0.6 is 0 Å². The van der Waals surface area contributed by atoms with Crippen LogP contribution in [0.1, 0.15) is 37.0 Å². The summed E-state index contributed by atoms with van der Waals surface area (Å²) in [6.45, 7) is 2.06. The summed E-state index contributed by atoms with van der Waals surface area (Å²) >= 11 is 0. The van der Waals surface area contributed by atoms with Crippen LogP contribution in [0.25, 0.3) is 0 Å². The molecule has 0 radical (unpaired) electrons. The molecule has 0 bridgehead atoms. The van der Waals surface area contributed by atoms with Crippen LogP contribution in [0.2, 0.25) is 0 Å². The van der Waals surface area contributed by atoms with Gasteiger partial charge in [0.25, 0.3) is 0 Å². The second kappa shape index (κ2) is 21.8. The van der Waals surface area contributed by atoms with Crippen molar-refractivity contribution in [2.24, 2.45) is 11.7 Å². The molecule has 3 rings (SSSR count). The molecule has 15 heteroatoms. The third-order valence-electron chi connectivity index (χ3n) is 8.42. The fourth-order valence-electron chi connectivity index (χ4n) is 5.52. The lowest BCUT2D eigenvalue weighted by atomic mass is 10.0. The highest BCUT2D eigenvalue weighted by Gasteiger charge is 2.33. The number of carboxylic acid groups (broad SMARTS) is 1. The van der Waals surface area contributed by atoms with Gasteiger partial charge in [-0.15, -0.1) is 0 Å². The second-order valence-electron chi connectivity index (χ2n) is 13.3. The lowest BCUT2D eigenvalue weighted by Crippen LogP contribution is -2.61. The van der Waals surface area contributed by atoms with Crippen LogP contribution in [-0.2, 0) is 48.0 Å². The standard InChI is InChI=1S/C39H50N6O9/c1-24(2)18-32(39(53)54)44-36(50)30(20-26-14-8-4-9-15-26)43-38(52)33(23-47)45-37(51)31(21-27-16-10-5-11-17-27)42-35(49)29(41-34(48)28(40)22-46)19-25-12-6-3-7-13-25/h3-17,24,28-33,46-47H,18-23,40H2,1-2H3,(H,41,48)(H,42,49)(H,43,52)(H,44,50)(H,45,51)(H,53,54)/t28-,29-,30-,31-,32-,33-/m0/s1. The normalized spacial score (nSPS) is 14.3. The summed E-state index contributed by atoms with van der Waals surface area (Å²) in [6.07, 6.45) is 0.0786. The van der Waals surface area contributed by atoms with Gasteiger partial charge in [0, 0.05) is 19.3 Å². The maximum absolute atomic E-state index is 13.8. The maximum atomic E-state index is 13.8. The van der Waals surface area contributed by atoms with Gasteiger partial charge in [-0.05, 0) is 29.0 Å². The molecule has 3 aromatic carbocycles. The minimum atomic E-state index is -1.59. The monoisotopic (exact) mass is 746 g/mol. The number of nitrogens with two attached hydrogens (primary N) is 1. The first-order valence-electron chi connectivity index (χ1n) is 17.6. The van der Waals surface area contributed by atoms with E-state index in [1.165, 1.54) is 0 Å². The van der Waals surface area contributed by atoms with Crippen molar-refractivity contribution in [3.63, 3.8) is 0 Å². The van der Waals surface area contributed by atoms with Crippen LogP contribution in [0, 0.1) is 5.92 Å². The van der Waals surface area contributed by atoms with Crippen LogP contribution < -0.4 is 32.3 Å². The Morgan fingerprint density at radius 1 is 0.500 bits per heavy atom. The summed E-state index contributed by atoms with van der Waals surface area (Å²) < 4.78 is 0. The fourth-order valence-corrected chi connectivity index (χ4v) is 5.52. The third kappa shape index (κ3) is 14.1. The highest BCUT2D eigenvalue weighted by atomic mass is 16.4. The number of carbonyl (C=O) groups is 6. The van der Waals surface area contributed by atoms with E-state index in [2.05, 4.69) is 26.6 Å². The molecule has 0 saturated heterocycles. The molecule has 0 aromatic heterocycles. The molecule has 0 aliphatic heterocycles. The zero-order chi connectivity index (χ0) is 39.6. The Bertz CT molecular complexity index is 1680. The van der Waals surface area contributed by atoms with E-state index in [4.69, 9.17) is 5.73 Å². The number of carboxylic acids is 1. The summed E-state index contributed by atoms with van der Waals surface area (Å²) in [5, 5.41) is 42.0. The summed E-state index contributed by atoms with van der Waals surface area (Å²) in [5.41, 5.74) is 7.67. The van der Waals surface area contributed by atoms with Gasteiger partial charge in [0.15, 0.2) is 0 Å². The Balaban J connectivity index is 1.85. The van der Waals surface area contributed by atoms with E-state index in [-0.39, 0.29) is 31.6 Å². The number of benzene rings is 3. The highest BCUT2D eigenvalue weighted by Crippen LogP contribution is 2.10. The number of aliphatic hydroxyl groups excluding tert-OH is 2. The van der Waals surface area contributed by atoms with Crippen molar-refractivity contribution in [2.45, 2.75) is 75.8 Å². The number of rotatable bonds is 21. The van der Waals surface area contributed by atoms with E-state index < -0.39 is 85.0 Å². The maximum Gasteiger partial charge on any atom is 0.326 e. The molecule has 0 heterocycles. The third-order valence-corrected chi connectivity index (χ3v) is 8.42. The average Bonchev–Trinajstić information content (AvgIpc) is 3.16. The quantitative estimate of drug-likeness (QED) is 0.0681. The van der Waals surface area contributed by atoms with Crippen molar-refractivity contribution < 1.29 is 44.1 Å². The van der Waals surface area contributed by atoms with Gasteiger partial charge in [-0.25, -0.2) is 4.79 Å². The number of hydrogen-bond donors (Lipinski definition) is 9. The van der Waals surface area contributed by atoms with E-state index in [0.717, 1.165) is 0 Å². The smallest absolute Gasteiger partial charge is 0.326 e. The topological polar surface area (TPSA) is 249 Å². The highest BCUT2D eigenvalue weighted by molar-refractivity contribution is 5.96. The van der Waals surface area contributed by atoms with Crippen LogP contribution in [-0.4, -0.2) is 100 Å². The van der Waals surface area contributed by atoms with Crippen molar-refractivity contribution in [1.29, 1.82) is 0 Å². The van der Waals surface area contributed by atoms with E-state index in [1.807, 2.05) is 0 Å². The number of aliphatic carboxylic acids is 1. The Morgan fingerprint density at radius 3 is 1.13 bits per heavy atom. The molecular weight excluding hydrogens is 696 g/mol. The van der Waals surface area contributed by atoms with Gasteiger partial charge in [0.05, 0.1) is 13.2 Å². The molecule has 10 N–H and O–H groups in total. The molecule has 0 aliphatic rings. The van der Waals surface area contributed by atoms with Gasteiger partial charge in [-0.3, -0.25) is 24.0 Å². The lowest BCUT2D eigenvalue weighted by molar-refractivity contribution is -0.142. The van der Waals surface area contributed by atoms with Crippen molar-refractivity contribution >= 4 is 35.5 Å². The van der Waals surface area contributed by atoms with E-state index in [9.17, 15) is 44.1 Å². The van der Waals surface area contributed by atoms with Gasteiger partial charge in [0.1, 0.15) is 36.3 Å². The van der Waals surface area contributed by atoms with Gasteiger partial charge in [0.2, 0.25) is 29.5 Å². The molecule has 0 spiro atoms. The second-order valence-corrected chi connectivity index (χ2v) is 13.3. The summed E-state index contributed by atoms with van der Waals surface area (Å²) in [7, 11) is 0. The molecule has 0 aliphatic carbocycles. The number of hydrogen-bond acceptors (Lipinski definition) is 9. The van der Waals surface area contributed by atoms with Gasteiger partial charge >= 0.3 is 5.97 Å². The minimum Gasteiger partial charge on any atom is -0.480 e. The molecular formula is C39H50N6O9. The van der Waals surface area contributed by atoms with Crippen LogP contribution in [0.5, 0.6) is 0 Å². The lowest BCUT2D eigenvalue weighted by Gasteiger charge is -2.27. The van der Waals surface area contributed by atoms with Crippen molar-refractivity contribution in [3.8, 4) is 0 Å². The Kier molecular flexibility index (Phi) is 17.3. The number of carbonyl (C=O) groups excluding carboxylic acids is 5. The first kappa shape index (κ1) is 42.8. The van der Waals surface area contributed by atoms with Crippen LogP contribution in [0.3, 0.4) is 0 Å². The predicted octanol–water partition coefficient (Wildman–Crippen LogP) is -0.419. The molecule has 5 amide bonds. The summed E-state index contributed by atoms with van der Waals surface area (Å²) in [6, 6.07) is 18.2. The molecule has 0 unspecified atom stereocenters. The van der Waals surface area contributed by atoms with Crippen molar-refractivity contribution in [3.05, 3.63) is 108 Å². The number of nitrogens with one attached hydrogen (secondary N) is 5. The first-order valence-corrected chi connectivity index (χ1v) is 17.6. The molecule has 290 valence electrons. The van der Waals surface area contributed by atoms with Gasteiger partial charge in [-0.2, -0.15) is 0 Å². The Morgan fingerprint density at radius 2 is 0.815 bits per heavy atom. The molecule has 3 aromatic rings. The van der Waals surface area contributed by atoms with E-state index in [0.29, 0.717) is 16.7 Å².